The smallest absolute Gasteiger partial charge is 0.305 e. The molecule has 1 saturated heterocycles. The standard InChI is InChI=1S/C20H26N2O5/c23-18(24)12-17-13-27-10-9-22(17)20(26)15-7-4-8-16(11-15)21-19(25)14-5-2-1-3-6-14/h4,7-8,11,14,17H,1-3,5-6,9-10,12-13H2,(H,21,25)(H,23,24). The van der Waals surface area contributed by atoms with Gasteiger partial charge in [-0.3, -0.25) is 14.4 Å². The first-order valence-corrected chi connectivity index (χ1v) is 9.56. The maximum absolute atomic E-state index is 12.9. The highest BCUT2D eigenvalue weighted by molar-refractivity contribution is 5.98. The van der Waals surface area contributed by atoms with Gasteiger partial charge >= 0.3 is 5.97 Å². The molecule has 0 radical (unpaired) electrons. The Morgan fingerprint density at radius 2 is 1.96 bits per heavy atom. The van der Waals surface area contributed by atoms with Crippen LogP contribution in [-0.4, -0.2) is 53.6 Å². The highest BCUT2D eigenvalue weighted by Crippen LogP contribution is 2.25. The minimum absolute atomic E-state index is 0.00873. The van der Waals surface area contributed by atoms with Crippen molar-refractivity contribution in [2.24, 2.45) is 5.92 Å². The third-order valence-corrected chi connectivity index (χ3v) is 5.25. The molecule has 0 spiro atoms. The number of hydrogen-bond acceptors (Lipinski definition) is 4. The molecule has 2 N–H and O–H groups in total. The molecule has 27 heavy (non-hydrogen) atoms. The number of nitrogens with zero attached hydrogens (tertiary/aromatic N) is 1. The van der Waals surface area contributed by atoms with Gasteiger partial charge < -0.3 is 20.1 Å². The molecular formula is C20H26N2O5. The van der Waals surface area contributed by atoms with Crippen LogP contribution in [0.25, 0.3) is 0 Å². The SMILES string of the molecule is O=C(O)CC1COCCN1C(=O)c1cccc(NC(=O)C2CCCCC2)c1. The Kier molecular flexibility index (Phi) is 6.45. The van der Waals surface area contributed by atoms with E-state index in [1.807, 2.05) is 0 Å². The second-order valence-corrected chi connectivity index (χ2v) is 7.23. The van der Waals surface area contributed by atoms with Crippen molar-refractivity contribution in [2.75, 3.05) is 25.1 Å². The minimum Gasteiger partial charge on any atom is -0.481 e. The van der Waals surface area contributed by atoms with Crippen molar-refractivity contribution >= 4 is 23.5 Å². The number of morpholine rings is 1. The van der Waals surface area contributed by atoms with Gasteiger partial charge in [-0.25, -0.2) is 0 Å². The quantitative estimate of drug-likeness (QED) is 0.826. The number of hydrogen-bond donors (Lipinski definition) is 2. The number of carboxylic acids is 1. The third-order valence-electron chi connectivity index (χ3n) is 5.25. The zero-order valence-electron chi connectivity index (χ0n) is 15.4. The number of carboxylic acid groups (broad SMARTS) is 1. The van der Waals surface area contributed by atoms with E-state index in [4.69, 9.17) is 9.84 Å². The zero-order chi connectivity index (χ0) is 19.2. The summed E-state index contributed by atoms with van der Waals surface area (Å²) in [6.45, 7) is 0.964. The molecule has 1 aliphatic heterocycles. The molecule has 0 aromatic heterocycles. The van der Waals surface area contributed by atoms with Gasteiger partial charge in [0, 0.05) is 23.7 Å². The number of amides is 2. The molecule has 1 aromatic rings. The van der Waals surface area contributed by atoms with Crippen molar-refractivity contribution in [2.45, 2.75) is 44.6 Å². The van der Waals surface area contributed by atoms with E-state index in [0.29, 0.717) is 24.4 Å². The maximum Gasteiger partial charge on any atom is 0.305 e. The number of anilines is 1. The molecule has 1 heterocycles. The van der Waals surface area contributed by atoms with E-state index in [9.17, 15) is 14.4 Å². The largest absolute Gasteiger partial charge is 0.481 e. The Bertz CT molecular complexity index is 699. The van der Waals surface area contributed by atoms with Gasteiger partial charge in [0.1, 0.15) is 0 Å². The summed E-state index contributed by atoms with van der Waals surface area (Å²) >= 11 is 0. The predicted octanol–water partition coefficient (Wildman–Crippen LogP) is 2.52. The van der Waals surface area contributed by atoms with Crippen LogP contribution in [0.3, 0.4) is 0 Å². The van der Waals surface area contributed by atoms with Crippen molar-refractivity contribution in [3.05, 3.63) is 29.8 Å². The van der Waals surface area contributed by atoms with Crippen LogP contribution in [0.1, 0.15) is 48.9 Å². The first-order valence-electron chi connectivity index (χ1n) is 9.56. The summed E-state index contributed by atoms with van der Waals surface area (Å²) in [7, 11) is 0. The van der Waals surface area contributed by atoms with Gasteiger partial charge in [0.15, 0.2) is 0 Å². The van der Waals surface area contributed by atoms with Crippen LogP contribution in [-0.2, 0) is 14.3 Å². The Morgan fingerprint density at radius 3 is 2.70 bits per heavy atom. The summed E-state index contributed by atoms with van der Waals surface area (Å²) in [4.78, 5) is 37.9. The lowest BCUT2D eigenvalue weighted by atomic mass is 9.88. The van der Waals surface area contributed by atoms with E-state index in [1.165, 1.54) is 6.42 Å². The van der Waals surface area contributed by atoms with Gasteiger partial charge in [0.2, 0.25) is 5.91 Å². The Morgan fingerprint density at radius 1 is 1.19 bits per heavy atom. The first kappa shape index (κ1) is 19.4. The molecular weight excluding hydrogens is 348 g/mol. The fourth-order valence-electron chi connectivity index (χ4n) is 3.80. The number of benzene rings is 1. The van der Waals surface area contributed by atoms with Crippen molar-refractivity contribution in [1.29, 1.82) is 0 Å². The van der Waals surface area contributed by atoms with Gasteiger partial charge in [0.25, 0.3) is 5.91 Å². The van der Waals surface area contributed by atoms with Crippen LogP contribution in [0, 0.1) is 5.92 Å². The van der Waals surface area contributed by atoms with Crippen LogP contribution in [0.4, 0.5) is 5.69 Å². The van der Waals surface area contributed by atoms with Crippen molar-refractivity contribution in [3.8, 4) is 0 Å². The molecule has 1 unspecified atom stereocenters. The molecule has 3 rings (SSSR count). The summed E-state index contributed by atoms with van der Waals surface area (Å²) in [6, 6.07) is 6.37. The average Bonchev–Trinajstić information content (AvgIpc) is 2.68. The molecule has 2 aliphatic rings. The summed E-state index contributed by atoms with van der Waals surface area (Å²) in [6.07, 6.45) is 5.02. The second-order valence-electron chi connectivity index (χ2n) is 7.23. The fraction of sp³-hybridized carbons (Fsp3) is 0.550. The van der Waals surface area contributed by atoms with Gasteiger partial charge in [-0.05, 0) is 31.0 Å². The monoisotopic (exact) mass is 374 g/mol. The van der Waals surface area contributed by atoms with Gasteiger partial charge in [0.05, 0.1) is 25.7 Å². The first-order chi connectivity index (χ1) is 13.0. The topological polar surface area (TPSA) is 95.9 Å². The summed E-state index contributed by atoms with van der Waals surface area (Å²) in [5, 5.41) is 12.0. The molecule has 2 fully saturated rings. The van der Waals surface area contributed by atoms with Gasteiger partial charge in [-0.2, -0.15) is 0 Å². The predicted molar refractivity (Wildman–Crippen MR) is 99.5 cm³/mol. The maximum atomic E-state index is 12.9. The molecule has 1 atom stereocenters. The number of nitrogens with one attached hydrogen (secondary N) is 1. The van der Waals surface area contributed by atoms with Gasteiger partial charge in [-0.1, -0.05) is 25.3 Å². The normalized spacial score (nSPS) is 20.9. The number of carbonyl (C=O) groups excluding carboxylic acids is 2. The minimum atomic E-state index is -0.961. The molecule has 1 saturated carbocycles. The van der Waals surface area contributed by atoms with Crippen LogP contribution in [0.15, 0.2) is 24.3 Å². The van der Waals surface area contributed by atoms with Crippen LogP contribution >= 0.6 is 0 Å². The van der Waals surface area contributed by atoms with E-state index in [2.05, 4.69) is 5.32 Å². The van der Waals surface area contributed by atoms with E-state index in [1.54, 1.807) is 29.2 Å². The van der Waals surface area contributed by atoms with Crippen molar-refractivity contribution in [1.82, 2.24) is 4.90 Å². The van der Waals surface area contributed by atoms with Crippen LogP contribution in [0.5, 0.6) is 0 Å². The Hall–Kier alpha value is -2.41. The lowest BCUT2D eigenvalue weighted by Crippen LogP contribution is -2.49. The van der Waals surface area contributed by atoms with E-state index >= 15 is 0 Å². The van der Waals surface area contributed by atoms with E-state index in [-0.39, 0.29) is 30.8 Å². The lowest BCUT2D eigenvalue weighted by Gasteiger charge is -2.35. The number of ether oxygens (including phenoxy) is 1. The highest BCUT2D eigenvalue weighted by atomic mass is 16.5. The molecule has 7 nitrogen and oxygen atoms in total. The fourth-order valence-corrected chi connectivity index (χ4v) is 3.80. The summed E-state index contributed by atoms with van der Waals surface area (Å²) in [5.74, 6) is -1.15. The van der Waals surface area contributed by atoms with Crippen LogP contribution < -0.4 is 5.32 Å². The molecule has 1 aromatic carbocycles. The lowest BCUT2D eigenvalue weighted by molar-refractivity contribution is -0.139. The molecule has 1 aliphatic carbocycles. The number of rotatable bonds is 5. The molecule has 7 heteroatoms. The molecule has 0 bridgehead atoms. The van der Waals surface area contributed by atoms with Gasteiger partial charge in [-0.15, -0.1) is 0 Å². The Labute approximate surface area is 158 Å². The molecule has 2 amide bonds. The van der Waals surface area contributed by atoms with E-state index < -0.39 is 12.0 Å². The number of carbonyl (C=O) groups is 3. The average molecular weight is 374 g/mol. The van der Waals surface area contributed by atoms with E-state index in [0.717, 1.165) is 25.7 Å². The van der Waals surface area contributed by atoms with Crippen molar-refractivity contribution < 1.29 is 24.2 Å². The zero-order valence-corrected chi connectivity index (χ0v) is 15.4. The summed E-state index contributed by atoms with van der Waals surface area (Å²) in [5.41, 5.74) is 1.04. The van der Waals surface area contributed by atoms with Crippen molar-refractivity contribution in [3.63, 3.8) is 0 Å². The Balaban J connectivity index is 1.69. The highest BCUT2D eigenvalue weighted by Gasteiger charge is 2.30. The summed E-state index contributed by atoms with van der Waals surface area (Å²) < 4.78 is 5.33. The second kappa shape index (κ2) is 8.99. The van der Waals surface area contributed by atoms with Crippen LogP contribution in [0.2, 0.25) is 0 Å². The molecule has 146 valence electrons. The number of aliphatic carboxylic acids is 1. The third kappa shape index (κ3) is 5.07.